The summed E-state index contributed by atoms with van der Waals surface area (Å²) in [5.41, 5.74) is 3.75. The van der Waals surface area contributed by atoms with Crippen LogP contribution in [0, 0.1) is 0 Å². The smallest absolute Gasteiger partial charge is 0.227 e. The Morgan fingerprint density at radius 2 is 2.23 bits per heavy atom. The van der Waals surface area contributed by atoms with Gasteiger partial charge in [0.1, 0.15) is 5.75 Å². The average Bonchev–Trinajstić information content (AvgIpc) is 2.95. The number of hydrogen-bond acceptors (Lipinski definition) is 4. The molecule has 0 saturated carbocycles. The number of H-pyrrole nitrogens is 1. The summed E-state index contributed by atoms with van der Waals surface area (Å²) in [6.07, 6.45) is 0.363. The molecule has 0 unspecified atom stereocenters. The Balaban J connectivity index is 1.89. The van der Waals surface area contributed by atoms with Gasteiger partial charge in [-0.2, -0.15) is 5.10 Å². The minimum atomic E-state index is 0.107. The van der Waals surface area contributed by atoms with Crippen LogP contribution >= 0.6 is 0 Å². The fourth-order valence-corrected chi connectivity index (χ4v) is 2.68. The first kappa shape index (κ1) is 14.6. The second kappa shape index (κ2) is 6.19. The quantitative estimate of drug-likeness (QED) is 0.911. The zero-order valence-electron chi connectivity index (χ0n) is 12.8. The van der Waals surface area contributed by atoms with Crippen molar-refractivity contribution in [1.29, 1.82) is 0 Å². The molecule has 1 aliphatic rings. The highest BCUT2D eigenvalue weighted by Gasteiger charge is 2.27. The van der Waals surface area contributed by atoms with Gasteiger partial charge in [0, 0.05) is 24.8 Å². The van der Waals surface area contributed by atoms with E-state index < -0.39 is 0 Å². The predicted octanol–water partition coefficient (Wildman–Crippen LogP) is 1.62. The van der Waals surface area contributed by atoms with Crippen LogP contribution in [-0.4, -0.2) is 48.4 Å². The Labute approximate surface area is 129 Å². The molecule has 116 valence electrons. The van der Waals surface area contributed by atoms with Crippen LogP contribution in [0.3, 0.4) is 0 Å². The van der Waals surface area contributed by atoms with E-state index in [0.717, 1.165) is 28.3 Å². The molecule has 0 atom stereocenters. The number of methoxy groups -OCH3 is 2. The van der Waals surface area contributed by atoms with E-state index in [4.69, 9.17) is 9.47 Å². The average molecular weight is 301 g/mol. The van der Waals surface area contributed by atoms with Gasteiger partial charge in [-0.25, -0.2) is 0 Å². The Kier molecular flexibility index (Phi) is 4.11. The monoisotopic (exact) mass is 301 g/mol. The summed E-state index contributed by atoms with van der Waals surface area (Å²) in [7, 11) is 3.27. The number of nitrogens with one attached hydrogen (secondary N) is 1. The minimum Gasteiger partial charge on any atom is -0.497 e. The van der Waals surface area contributed by atoms with Crippen LogP contribution in [0.2, 0.25) is 0 Å². The first-order valence-electron chi connectivity index (χ1n) is 7.20. The number of hydrogen-bond donors (Lipinski definition) is 1. The fourth-order valence-electron chi connectivity index (χ4n) is 2.68. The molecule has 1 aromatic carbocycles. The molecule has 3 rings (SSSR count). The lowest BCUT2D eigenvalue weighted by molar-refractivity contribution is -0.132. The van der Waals surface area contributed by atoms with Crippen molar-refractivity contribution in [3.05, 3.63) is 35.5 Å². The first-order chi connectivity index (χ1) is 10.7. The standard InChI is InChI=1S/C16H19N3O3/c1-21-7-6-19-10-14-13(9-15(19)20)16(18-17-14)11-4-3-5-12(8-11)22-2/h3-5,8H,6-7,9-10H2,1-2H3,(H,17,18). The zero-order chi connectivity index (χ0) is 15.5. The lowest BCUT2D eigenvalue weighted by Gasteiger charge is -2.26. The van der Waals surface area contributed by atoms with Crippen molar-refractivity contribution < 1.29 is 14.3 Å². The summed E-state index contributed by atoms with van der Waals surface area (Å²) in [6.45, 7) is 1.69. The zero-order valence-corrected chi connectivity index (χ0v) is 12.8. The molecule has 0 saturated heterocycles. The molecule has 1 aromatic heterocycles. The van der Waals surface area contributed by atoms with Crippen LogP contribution in [0.5, 0.6) is 5.75 Å². The van der Waals surface area contributed by atoms with E-state index in [1.807, 2.05) is 24.3 Å². The molecule has 1 N–H and O–H groups in total. The minimum absolute atomic E-state index is 0.107. The van der Waals surface area contributed by atoms with Crippen LogP contribution in [0.25, 0.3) is 11.3 Å². The third-order valence-corrected chi connectivity index (χ3v) is 3.89. The van der Waals surface area contributed by atoms with E-state index in [0.29, 0.717) is 26.1 Å². The van der Waals surface area contributed by atoms with E-state index in [1.165, 1.54) is 0 Å². The molecule has 0 spiro atoms. The molecule has 0 radical (unpaired) electrons. The molecular formula is C16H19N3O3. The van der Waals surface area contributed by atoms with Crippen molar-refractivity contribution in [3.8, 4) is 17.0 Å². The van der Waals surface area contributed by atoms with Gasteiger partial charge in [0.05, 0.1) is 38.1 Å². The maximum atomic E-state index is 12.3. The summed E-state index contributed by atoms with van der Waals surface area (Å²) in [5.74, 6) is 0.883. The van der Waals surface area contributed by atoms with Gasteiger partial charge in [-0.3, -0.25) is 9.89 Å². The predicted molar refractivity (Wildman–Crippen MR) is 81.6 cm³/mol. The third-order valence-electron chi connectivity index (χ3n) is 3.89. The van der Waals surface area contributed by atoms with Gasteiger partial charge in [-0.15, -0.1) is 0 Å². The normalized spacial score (nSPS) is 14.1. The Morgan fingerprint density at radius 3 is 3.00 bits per heavy atom. The second-order valence-electron chi connectivity index (χ2n) is 5.25. The van der Waals surface area contributed by atoms with Crippen LogP contribution < -0.4 is 4.74 Å². The largest absolute Gasteiger partial charge is 0.497 e. The van der Waals surface area contributed by atoms with Gasteiger partial charge in [-0.05, 0) is 12.1 Å². The maximum absolute atomic E-state index is 12.3. The molecule has 0 bridgehead atoms. The summed E-state index contributed by atoms with van der Waals surface area (Å²) in [6, 6.07) is 7.71. The van der Waals surface area contributed by atoms with E-state index in [2.05, 4.69) is 10.2 Å². The summed E-state index contributed by atoms with van der Waals surface area (Å²) < 4.78 is 10.3. The highest BCUT2D eigenvalue weighted by atomic mass is 16.5. The van der Waals surface area contributed by atoms with Crippen LogP contribution in [0.15, 0.2) is 24.3 Å². The van der Waals surface area contributed by atoms with Crippen LogP contribution in [-0.2, 0) is 22.5 Å². The summed E-state index contributed by atoms with van der Waals surface area (Å²) in [5, 5.41) is 7.47. The van der Waals surface area contributed by atoms with Crippen molar-refractivity contribution >= 4 is 5.91 Å². The number of rotatable bonds is 5. The molecule has 0 aliphatic carbocycles. The topological polar surface area (TPSA) is 67.4 Å². The lowest BCUT2D eigenvalue weighted by atomic mass is 9.99. The molecular weight excluding hydrogens is 282 g/mol. The number of carbonyl (C=O) groups excluding carboxylic acids is 1. The summed E-state index contributed by atoms with van der Waals surface area (Å²) >= 11 is 0. The van der Waals surface area contributed by atoms with E-state index in [1.54, 1.807) is 19.1 Å². The van der Waals surface area contributed by atoms with Gasteiger partial charge >= 0.3 is 0 Å². The number of amides is 1. The highest BCUT2D eigenvalue weighted by Crippen LogP contribution is 2.30. The molecule has 1 amide bonds. The highest BCUT2D eigenvalue weighted by molar-refractivity contribution is 5.83. The van der Waals surface area contributed by atoms with Crippen LogP contribution in [0.4, 0.5) is 0 Å². The van der Waals surface area contributed by atoms with E-state index in [-0.39, 0.29) is 5.91 Å². The van der Waals surface area contributed by atoms with Gasteiger partial charge in [-0.1, -0.05) is 12.1 Å². The van der Waals surface area contributed by atoms with Gasteiger partial charge in [0.25, 0.3) is 0 Å². The third kappa shape index (κ3) is 2.69. The molecule has 2 heterocycles. The van der Waals surface area contributed by atoms with E-state index >= 15 is 0 Å². The molecule has 6 nitrogen and oxygen atoms in total. The molecule has 22 heavy (non-hydrogen) atoms. The van der Waals surface area contributed by atoms with Crippen molar-refractivity contribution in [2.75, 3.05) is 27.4 Å². The summed E-state index contributed by atoms with van der Waals surface area (Å²) in [4.78, 5) is 14.1. The number of fused-ring (bicyclic) bond motifs is 1. The lowest BCUT2D eigenvalue weighted by Crippen LogP contribution is -2.38. The number of benzene rings is 1. The van der Waals surface area contributed by atoms with Crippen molar-refractivity contribution in [3.63, 3.8) is 0 Å². The van der Waals surface area contributed by atoms with Gasteiger partial charge < -0.3 is 14.4 Å². The fraction of sp³-hybridized carbons (Fsp3) is 0.375. The molecule has 1 aliphatic heterocycles. The molecule has 6 heteroatoms. The maximum Gasteiger partial charge on any atom is 0.227 e. The van der Waals surface area contributed by atoms with Crippen LogP contribution in [0.1, 0.15) is 11.3 Å². The van der Waals surface area contributed by atoms with Gasteiger partial charge in [0.15, 0.2) is 0 Å². The number of aromatic amines is 1. The number of aromatic nitrogens is 2. The second-order valence-corrected chi connectivity index (χ2v) is 5.25. The van der Waals surface area contributed by atoms with Crippen molar-refractivity contribution in [2.24, 2.45) is 0 Å². The van der Waals surface area contributed by atoms with Crippen molar-refractivity contribution in [2.45, 2.75) is 13.0 Å². The molecule has 2 aromatic rings. The number of ether oxygens (including phenoxy) is 2. The Morgan fingerprint density at radius 1 is 1.36 bits per heavy atom. The first-order valence-corrected chi connectivity index (χ1v) is 7.20. The Hall–Kier alpha value is -2.34. The van der Waals surface area contributed by atoms with E-state index in [9.17, 15) is 4.79 Å². The SMILES string of the molecule is COCCN1Cc2[nH]nc(-c3cccc(OC)c3)c2CC1=O. The molecule has 0 fully saturated rings. The Bertz CT molecular complexity index is 681. The number of carbonyl (C=O) groups is 1. The van der Waals surface area contributed by atoms with Crippen molar-refractivity contribution in [1.82, 2.24) is 15.1 Å². The van der Waals surface area contributed by atoms with Gasteiger partial charge in [0.2, 0.25) is 5.91 Å². The number of nitrogens with zero attached hydrogens (tertiary/aromatic N) is 2.